The summed E-state index contributed by atoms with van der Waals surface area (Å²) in [5.41, 5.74) is 3.14. The van der Waals surface area contributed by atoms with E-state index in [9.17, 15) is 0 Å². The molecule has 140 valence electrons. The van der Waals surface area contributed by atoms with E-state index in [0.29, 0.717) is 6.61 Å². The Morgan fingerprint density at radius 3 is 2.64 bits per heavy atom. The minimum absolute atomic E-state index is 0.506. The summed E-state index contributed by atoms with van der Waals surface area (Å²) in [7, 11) is 2.00. The van der Waals surface area contributed by atoms with Crippen LogP contribution in [0.3, 0.4) is 0 Å². The quantitative estimate of drug-likeness (QED) is 0.291. The Hall–Kier alpha value is -2.70. The van der Waals surface area contributed by atoms with Gasteiger partial charge in [0.2, 0.25) is 4.80 Å². The molecular weight excluding hydrogens is 434 g/mol. The number of para-hydroxylation sites is 1. The fourth-order valence-electron chi connectivity index (χ4n) is 2.81. The Balaban J connectivity index is 1.59. The van der Waals surface area contributed by atoms with E-state index in [0.717, 1.165) is 31.7 Å². The predicted molar refractivity (Wildman–Crippen MR) is 119 cm³/mol. The topological polar surface area (TPSA) is 38.9 Å². The molecule has 28 heavy (non-hydrogen) atoms. The summed E-state index contributed by atoms with van der Waals surface area (Å²) in [5.74, 6) is 0.770. The minimum Gasteiger partial charge on any atom is -0.488 e. The molecule has 0 aliphatic heterocycles. The average Bonchev–Trinajstić information content (AvgIpc) is 3.04. The van der Waals surface area contributed by atoms with Crippen LogP contribution in [0.15, 0.2) is 87.5 Å². The molecule has 0 amide bonds. The van der Waals surface area contributed by atoms with E-state index in [-0.39, 0.29) is 0 Å². The van der Waals surface area contributed by atoms with Crippen molar-refractivity contribution in [1.29, 1.82) is 0 Å². The van der Waals surface area contributed by atoms with E-state index >= 15 is 0 Å². The smallest absolute Gasteiger partial charge is 0.211 e. The van der Waals surface area contributed by atoms with Crippen LogP contribution in [0.4, 0.5) is 0 Å². The molecule has 3 aromatic carbocycles. The van der Waals surface area contributed by atoms with Gasteiger partial charge >= 0.3 is 0 Å². The lowest BCUT2D eigenvalue weighted by Crippen LogP contribution is -2.08. The highest BCUT2D eigenvalue weighted by Gasteiger charge is 2.04. The van der Waals surface area contributed by atoms with Gasteiger partial charge in [0.05, 0.1) is 16.4 Å². The van der Waals surface area contributed by atoms with E-state index in [4.69, 9.17) is 4.74 Å². The van der Waals surface area contributed by atoms with Crippen LogP contribution in [0, 0.1) is 0 Å². The van der Waals surface area contributed by atoms with Crippen molar-refractivity contribution in [2.45, 2.75) is 6.61 Å². The van der Waals surface area contributed by atoms with Crippen molar-refractivity contribution in [2.24, 2.45) is 17.3 Å². The Bertz CT molecular complexity index is 1200. The first kappa shape index (κ1) is 18.7. The van der Waals surface area contributed by atoms with Gasteiger partial charge in [0.1, 0.15) is 12.4 Å². The van der Waals surface area contributed by atoms with Crippen LogP contribution < -0.4 is 9.54 Å². The number of aromatic nitrogens is 1. The number of hydrogen-bond donors (Lipinski definition) is 0. The first-order chi connectivity index (χ1) is 13.7. The van der Waals surface area contributed by atoms with E-state index < -0.39 is 0 Å². The van der Waals surface area contributed by atoms with E-state index in [1.54, 1.807) is 17.6 Å². The zero-order chi connectivity index (χ0) is 19.3. The molecule has 4 rings (SSSR count). The summed E-state index contributed by atoms with van der Waals surface area (Å²) < 4.78 is 10.2. The maximum absolute atomic E-state index is 6.00. The van der Waals surface area contributed by atoms with Gasteiger partial charge in [-0.1, -0.05) is 69.7 Å². The fraction of sp³-hybridized carbons (Fsp3) is 0.0909. The summed E-state index contributed by atoms with van der Waals surface area (Å²) >= 11 is 5.13. The highest BCUT2D eigenvalue weighted by atomic mass is 79.9. The summed E-state index contributed by atoms with van der Waals surface area (Å²) in [5, 5.41) is 8.72. The van der Waals surface area contributed by atoms with Crippen molar-refractivity contribution in [1.82, 2.24) is 4.57 Å². The maximum Gasteiger partial charge on any atom is 0.211 e. The van der Waals surface area contributed by atoms with Gasteiger partial charge in [-0.15, -0.1) is 5.10 Å². The number of benzene rings is 3. The van der Waals surface area contributed by atoms with Crippen LogP contribution in [-0.2, 0) is 13.7 Å². The molecule has 0 atom stereocenters. The van der Waals surface area contributed by atoms with E-state index in [2.05, 4.69) is 38.3 Å². The number of rotatable bonds is 5. The Kier molecular flexibility index (Phi) is 5.69. The average molecular weight is 452 g/mol. The van der Waals surface area contributed by atoms with Crippen molar-refractivity contribution < 1.29 is 4.74 Å². The van der Waals surface area contributed by atoms with Crippen molar-refractivity contribution in [2.75, 3.05) is 0 Å². The van der Waals surface area contributed by atoms with Crippen LogP contribution in [0.2, 0.25) is 0 Å². The normalized spacial score (nSPS) is 12.1. The summed E-state index contributed by atoms with van der Waals surface area (Å²) in [4.78, 5) is 0.846. The number of hydrogen-bond acceptors (Lipinski definition) is 4. The molecule has 0 bridgehead atoms. The second-order valence-corrected chi connectivity index (χ2v) is 8.14. The molecule has 4 nitrogen and oxygen atoms in total. The molecular formula is C22H18BrN3OS. The van der Waals surface area contributed by atoms with E-state index in [1.807, 2.05) is 72.3 Å². The van der Waals surface area contributed by atoms with Crippen molar-refractivity contribution in [3.8, 4) is 5.75 Å². The molecule has 0 saturated heterocycles. The predicted octanol–water partition coefficient (Wildman–Crippen LogP) is 5.52. The fourth-order valence-corrected chi connectivity index (χ4v) is 4.16. The summed E-state index contributed by atoms with van der Waals surface area (Å²) in [6, 6.07) is 24.2. The third kappa shape index (κ3) is 4.24. The molecule has 1 aromatic heterocycles. The number of fused-ring (bicyclic) bond motifs is 1. The van der Waals surface area contributed by atoms with Crippen molar-refractivity contribution >= 4 is 43.7 Å². The van der Waals surface area contributed by atoms with Gasteiger partial charge in [-0.3, -0.25) is 0 Å². The molecule has 0 N–H and O–H groups in total. The Morgan fingerprint density at radius 2 is 1.82 bits per heavy atom. The highest BCUT2D eigenvalue weighted by Crippen LogP contribution is 2.23. The standard InChI is InChI=1S/C22H18BrN3OS/c1-26-19-9-5-6-10-21(19)28-22(26)25-24-14-17-13-18(23)11-12-20(17)27-15-16-7-3-2-4-8-16/h2-14H,15H2,1H3/b24-14-,25-22-. The third-order valence-corrected chi connectivity index (χ3v) is 5.86. The SMILES string of the molecule is Cn1/c(=N/N=C\c2cc(Br)ccc2OCc2ccccc2)sc2ccccc21. The molecule has 1 heterocycles. The third-order valence-electron chi connectivity index (χ3n) is 4.26. The van der Waals surface area contributed by atoms with Crippen LogP contribution in [-0.4, -0.2) is 10.8 Å². The van der Waals surface area contributed by atoms with Gasteiger partial charge in [-0.25, -0.2) is 0 Å². The van der Waals surface area contributed by atoms with Crippen LogP contribution in [0.25, 0.3) is 10.2 Å². The minimum atomic E-state index is 0.506. The van der Waals surface area contributed by atoms with Crippen LogP contribution in [0.1, 0.15) is 11.1 Å². The largest absolute Gasteiger partial charge is 0.488 e. The van der Waals surface area contributed by atoms with Crippen LogP contribution >= 0.6 is 27.3 Å². The van der Waals surface area contributed by atoms with Gasteiger partial charge < -0.3 is 9.30 Å². The lowest BCUT2D eigenvalue weighted by Gasteiger charge is -2.09. The summed E-state index contributed by atoms with van der Waals surface area (Å²) in [6.07, 6.45) is 1.73. The van der Waals surface area contributed by atoms with E-state index in [1.165, 1.54) is 4.70 Å². The van der Waals surface area contributed by atoms with Crippen LogP contribution in [0.5, 0.6) is 5.75 Å². The molecule has 0 saturated carbocycles. The molecule has 0 aliphatic carbocycles. The first-order valence-corrected chi connectivity index (χ1v) is 10.4. The van der Waals surface area contributed by atoms with Gasteiger partial charge in [0, 0.05) is 17.1 Å². The Labute approximate surface area is 175 Å². The maximum atomic E-state index is 6.00. The highest BCUT2D eigenvalue weighted by molar-refractivity contribution is 9.10. The second kappa shape index (κ2) is 8.54. The molecule has 0 aliphatic rings. The molecule has 6 heteroatoms. The van der Waals surface area contributed by atoms with Crippen molar-refractivity contribution in [3.05, 3.63) is 93.2 Å². The molecule has 0 spiro atoms. The first-order valence-electron chi connectivity index (χ1n) is 8.78. The number of nitrogens with zero attached hydrogens (tertiary/aromatic N) is 3. The number of halogens is 1. The Morgan fingerprint density at radius 1 is 1.04 bits per heavy atom. The number of thiazole rings is 1. The zero-order valence-corrected chi connectivity index (χ0v) is 17.7. The monoisotopic (exact) mass is 451 g/mol. The van der Waals surface area contributed by atoms with Gasteiger partial charge in [0.25, 0.3) is 0 Å². The number of aryl methyl sites for hydroxylation is 1. The lowest BCUT2D eigenvalue weighted by atomic mass is 10.2. The zero-order valence-electron chi connectivity index (χ0n) is 15.2. The molecule has 0 unspecified atom stereocenters. The van der Waals surface area contributed by atoms with Gasteiger partial charge in [-0.05, 0) is 35.9 Å². The van der Waals surface area contributed by atoms with Crippen molar-refractivity contribution in [3.63, 3.8) is 0 Å². The summed E-state index contributed by atoms with van der Waals surface area (Å²) in [6.45, 7) is 0.506. The van der Waals surface area contributed by atoms with Gasteiger partial charge in [-0.2, -0.15) is 5.10 Å². The lowest BCUT2D eigenvalue weighted by molar-refractivity contribution is 0.306. The molecule has 0 fully saturated rings. The molecule has 0 radical (unpaired) electrons. The molecule has 4 aromatic rings. The second-order valence-electron chi connectivity index (χ2n) is 6.21. The van der Waals surface area contributed by atoms with Gasteiger partial charge in [0.15, 0.2) is 0 Å². The number of ether oxygens (including phenoxy) is 1.